The van der Waals surface area contributed by atoms with E-state index in [0.29, 0.717) is 24.7 Å². The van der Waals surface area contributed by atoms with Crippen molar-refractivity contribution in [3.05, 3.63) is 29.8 Å². The molecule has 1 fully saturated rings. The smallest absolute Gasteiger partial charge is 0.253 e. The molecule has 1 aliphatic heterocycles. The Balaban J connectivity index is 2.13. The molecule has 6 nitrogen and oxygen atoms in total. The van der Waals surface area contributed by atoms with Crippen LogP contribution in [0.1, 0.15) is 37.0 Å². The fourth-order valence-corrected chi connectivity index (χ4v) is 4.24. The van der Waals surface area contributed by atoms with E-state index in [4.69, 9.17) is 0 Å². The van der Waals surface area contributed by atoms with Crippen molar-refractivity contribution in [1.82, 2.24) is 14.5 Å². The average molecular weight is 353 g/mol. The molecule has 1 aromatic carbocycles. The van der Waals surface area contributed by atoms with Crippen molar-refractivity contribution in [1.29, 1.82) is 0 Å². The van der Waals surface area contributed by atoms with Crippen LogP contribution in [0.2, 0.25) is 0 Å². The zero-order valence-corrected chi connectivity index (χ0v) is 15.6. The molecule has 0 aromatic heterocycles. The lowest BCUT2D eigenvalue weighted by Crippen LogP contribution is -2.44. The van der Waals surface area contributed by atoms with Gasteiger partial charge in [0.05, 0.1) is 4.90 Å². The largest absolute Gasteiger partial charge is 0.339 e. The van der Waals surface area contributed by atoms with E-state index in [9.17, 15) is 13.2 Å². The van der Waals surface area contributed by atoms with E-state index < -0.39 is 10.0 Å². The van der Waals surface area contributed by atoms with Gasteiger partial charge in [-0.05, 0) is 59.0 Å². The molecule has 1 saturated heterocycles. The van der Waals surface area contributed by atoms with Gasteiger partial charge in [-0.3, -0.25) is 4.79 Å². The lowest BCUT2D eigenvalue weighted by Gasteiger charge is -2.35. The predicted octanol–water partition coefficient (Wildman–Crippen LogP) is 1.54. The summed E-state index contributed by atoms with van der Waals surface area (Å²) in [6.45, 7) is 4.93. The molecule has 1 N–H and O–H groups in total. The van der Waals surface area contributed by atoms with E-state index in [0.717, 1.165) is 12.8 Å². The van der Waals surface area contributed by atoms with Crippen LogP contribution < -0.4 is 4.72 Å². The second kappa shape index (κ2) is 7.63. The van der Waals surface area contributed by atoms with E-state index >= 15 is 0 Å². The third-order valence-electron chi connectivity index (χ3n) is 4.26. The normalized spacial score (nSPS) is 16.8. The summed E-state index contributed by atoms with van der Waals surface area (Å²) in [5, 5.41) is 0. The number of nitrogens with one attached hydrogen (secondary N) is 1. The third-order valence-corrected chi connectivity index (χ3v) is 5.92. The molecule has 0 aliphatic carbocycles. The minimum absolute atomic E-state index is 0.103. The molecule has 2 rings (SSSR count). The highest BCUT2D eigenvalue weighted by Crippen LogP contribution is 2.18. The molecule has 0 saturated carbocycles. The van der Waals surface area contributed by atoms with Crippen LogP contribution in [0.3, 0.4) is 0 Å². The SMILES string of the molecule is CC(C)NS(=O)(=O)c1cccc(C(=O)N2CCC(N(C)C)CC2)c1. The van der Waals surface area contributed by atoms with Crippen molar-refractivity contribution in [2.24, 2.45) is 0 Å². The van der Waals surface area contributed by atoms with Gasteiger partial charge < -0.3 is 9.80 Å². The van der Waals surface area contributed by atoms with E-state index in [2.05, 4.69) is 23.7 Å². The first-order chi connectivity index (χ1) is 11.2. The standard InChI is InChI=1S/C17H27N3O3S/c1-13(2)18-24(22,23)16-7-5-6-14(12-16)17(21)20-10-8-15(9-11-20)19(3)4/h5-7,12-13,15,18H,8-11H2,1-4H3. The number of sulfonamides is 1. The molecule has 134 valence electrons. The van der Waals surface area contributed by atoms with Crippen LogP contribution in [0.5, 0.6) is 0 Å². The van der Waals surface area contributed by atoms with Crippen molar-refractivity contribution in [2.75, 3.05) is 27.2 Å². The van der Waals surface area contributed by atoms with Gasteiger partial charge in [-0.25, -0.2) is 13.1 Å². The minimum atomic E-state index is -3.59. The molecule has 0 unspecified atom stereocenters. The van der Waals surface area contributed by atoms with Gasteiger partial charge >= 0.3 is 0 Å². The summed E-state index contributed by atoms with van der Waals surface area (Å²) < 4.78 is 27.1. The van der Waals surface area contributed by atoms with Crippen LogP contribution in [-0.2, 0) is 10.0 Å². The Hall–Kier alpha value is -1.44. The molecular formula is C17H27N3O3S. The summed E-state index contributed by atoms with van der Waals surface area (Å²) in [7, 11) is 0.514. The number of hydrogen-bond donors (Lipinski definition) is 1. The van der Waals surface area contributed by atoms with Crippen molar-refractivity contribution >= 4 is 15.9 Å². The van der Waals surface area contributed by atoms with Crippen molar-refractivity contribution in [2.45, 2.75) is 43.7 Å². The average Bonchev–Trinajstić information content (AvgIpc) is 2.53. The van der Waals surface area contributed by atoms with E-state index in [1.807, 2.05) is 4.90 Å². The maximum atomic E-state index is 12.7. The number of nitrogens with zero attached hydrogens (tertiary/aromatic N) is 2. The Kier molecular flexibility index (Phi) is 6.01. The highest BCUT2D eigenvalue weighted by Gasteiger charge is 2.25. The first-order valence-electron chi connectivity index (χ1n) is 8.29. The van der Waals surface area contributed by atoms with Crippen LogP contribution >= 0.6 is 0 Å². The number of benzene rings is 1. The quantitative estimate of drug-likeness (QED) is 0.872. The first kappa shape index (κ1) is 18.9. The van der Waals surface area contributed by atoms with Crippen LogP contribution in [0.15, 0.2) is 29.2 Å². The molecule has 0 bridgehead atoms. The summed E-state index contributed by atoms with van der Waals surface area (Å²) in [4.78, 5) is 16.8. The number of hydrogen-bond acceptors (Lipinski definition) is 4. The van der Waals surface area contributed by atoms with Crippen molar-refractivity contribution in [3.63, 3.8) is 0 Å². The number of carbonyl (C=O) groups is 1. The van der Waals surface area contributed by atoms with Gasteiger partial charge in [0.1, 0.15) is 0 Å². The molecule has 1 amide bonds. The highest BCUT2D eigenvalue weighted by atomic mass is 32.2. The molecule has 1 heterocycles. The Bertz CT molecular complexity index is 678. The molecule has 24 heavy (non-hydrogen) atoms. The molecule has 0 atom stereocenters. The maximum Gasteiger partial charge on any atom is 0.253 e. The van der Waals surface area contributed by atoms with E-state index in [1.54, 1.807) is 26.0 Å². The van der Waals surface area contributed by atoms with Crippen molar-refractivity contribution in [3.8, 4) is 0 Å². The van der Waals surface area contributed by atoms with Gasteiger partial charge in [0.2, 0.25) is 10.0 Å². The van der Waals surface area contributed by atoms with Gasteiger partial charge in [-0.15, -0.1) is 0 Å². The van der Waals surface area contributed by atoms with Gasteiger partial charge in [0, 0.05) is 30.7 Å². The Morgan fingerprint density at radius 1 is 1.25 bits per heavy atom. The number of rotatable bonds is 5. The van der Waals surface area contributed by atoms with Crippen molar-refractivity contribution < 1.29 is 13.2 Å². The second-order valence-corrected chi connectivity index (χ2v) is 8.50. The predicted molar refractivity (Wildman–Crippen MR) is 94.5 cm³/mol. The summed E-state index contributed by atoms with van der Waals surface area (Å²) in [5.41, 5.74) is 0.421. The number of piperidine rings is 1. The molecule has 1 aromatic rings. The maximum absolute atomic E-state index is 12.7. The monoisotopic (exact) mass is 353 g/mol. The lowest BCUT2D eigenvalue weighted by molar-refractivity contribution is 0.0663. The second-order valence-electron chi connectivity index (χ2n) is 6.79. The summed E-state index contributed by atoms with van der Waals surface area (Å²) >= 11 is 0. The van der Waals surface area contributed by atoms with Crippen LogP contribution in [0, 0.1) is 0 Å². The Labute approximate surface area is 144 Å². The Morgan fingerprint density at radius 3 is 2.42 bits per heavy atom. The first-order valence-corrected chi connectivity index (χ1v) is 9.77. The van der Waals surface area contributed by atoms with Crippen LogP contribution in [-0.4, -0.2) is 63.4 Å². The fraction of sp³-hybridized carbons (Fsp3) is 0.588. The lowest BCUT2D eigenvalue weighted by atomic mass is 10.0. The van der Waals surface area contributed by atoms with Gasteiger partial charge in [-0.1, -0.05) is 6.07 Å². The molecular weight excluding hydrogens is 326 g/mol. The molecule has 0 spiro atoms. The topological polar surface area (TPSA) is 69.7 Å². The van der Waals surface area contributed by atoms with Gasteiger partial charge in [-0.2, -0.15) is 0 Å². The van der Waals surface area contributed by atoms with E-state index in [1.165, 1.54) is 12.1 Å². The van der Waals surface area contributed by atoms with E-state index in [-0.39, 0.29) is 16.8 Å². The number of likely N-dealkylation sites (tertiary alicyclic amines) is 1. The summed E-state index contributed by atoms with van der Waals surface area (Å²) in [6.07, 6.45) is 1.87. The minimum Gasteiger partial charge on any atom is -0.339 e. The highest BCUT2D eigenvalue weighted by molar-refractivity contribution is 7.89. The fourth-order valence-electron chi connectivity index (χ4n) is 2.94. The zero-order chi connectivity index (χ0) is 17.9. The van der Waals surface area contributed by atoms with Gasteiger partial charge in [0.15, 0.2) is 0 Å². The molecule has 0 radical (unpaired) electrons. The summed E-state index contributed by atoms with van der Waals surface area (Å²) in [6, 6.07) is 6.57. The Morgan fingerprint density at radius 2 is 1.88 bits per heavy atom. The molecule has 7 heteroatoms. The summed E-state index contributed by atoms with van der Waals surface area (Å²) in [5.74, 6) is -0.103. The number of carbonyl (C=O) groups excluding carboxylic acids is 1. The van der Waals surface area contributed by atoms with Gasteiger partial charge in [0.25, 0.3) is 5.91 Å². The van der Waals surface area contributed by atoms with Crippen LogP contribution in [0.25, 0.3) is 0 Å². The molecule has 1 aliphatic rings. The van der Waals surface area contributed by atoms with Crippen LogP contribution in [0.4, 0.5) is 0 Å². The zero-order valence-electron chi connectivity index (χ0n) is 14.8. The third kappa shape index (κ3) is 4.55. The number of amides is 1.